The summed E-state index contributed by atoms with van der Waals surface area (Å²) < 4.78 is 36.8. The van der Waals surface area contributed by atoms with Crippen LogP contribution in [0.2, 0.25) is 0 Å². The molecule has 0 bridgehead atoms. The Kier molecular flexibility index (Phi) is 14.1. The van der Waals surface area contributed by atoms with Crippen LogP contribution in [0.1, 0.15) is 82.5 Å². The fourth-order valence-electron chi connectivity index (χ4n) is 6.46. The van der Waals surface area contributed by atoms with Gasteiger partial charge in [-0.15, -0.1) is 10.2 Å². The minimum Gasteiger partial charge on any atom is -0.497 e. The third kappa shape index (κ3) is 10.8. The van der Waals surface area contributed by atoms with E-state index in [-0.39, 0.29) is 12.2 Å². The zero-order chi connectivity index (χ0) is 41.3. The molecule has 0 unspecified atom stereocenters. The van der Waals surface area contributed by atoms with Crippen molar-refractivity contribution < 1.29 is 33.2 Å². The molecule has 5 aromatic rings. The highest BCUT2D eigenvalue weighted by molar-refractivity contribution is 5.90. The Morgan fingerprint density at radius 1 is 0.789 bits per heavy atom. The first-order valence-corrected chi connectivity index (χ1v) is 19.4. The molecule has 0 saturated heterocycles. The number of benzene rings is 3. The maximum absolute atomic E-state index is 12.6. The van der Waals surface area contributed by atoms with E-state index in [1.165, 1.54) is 0 Å². The largest absolute Gasteiger partial charge is 0.497 e. The molecule has 57 heavy (non-hydrogen) atoms. The third-order valence-electron chi connectivity index (χ3n) is 9.30. The van der Waals surface area contributed by atoms with E-state index >= 15 is 0 Å². The molecule has 0 atom stereocenters. The number of aryl methyl sites for hydroxylation is 1. The smallest absolute Gasteiger partial charge is 0.410 e. The van der Waals surface area contributed by atoms with Crippen molar-refractivity contribution in [2.75, 3.05) is 40.4 Å². The molecule has 2 aromatic heterocycles. The number of carbonyl (C=O) groups excluding carboxylic acids is 1. The van der Waals surface area contributed by atoms with Gasteiger partial charge in [0.05, 0.1) is 34.5 Å². The summed E-state index contributed by atoms with van der Waals surface area (Å²) in [5.41, 5.74) is 4.78. The Morgan fingerprint density at radius 2 is 1.37 bits per heavy atom. The highest BCUT2D eigenvalue weighted by atomic mass is 16.6. The highest BCUT2D eigenvalue weighted by Gasteiger charge is 2.27. The maximum Gasteiger partial charge on any atom is 0.410 e. The molecule has 0 N–H and O–H groups in total. The van der Waals surface area contributed by atoms with E-state index < -0.39 is 5.60 Å². The topological polar surface area (TPSA) is 123 Å². The quantitative estimate of drug-likeness (QED) is 0.0849. The molecule has 0 aliphatic carbocycles. The SMILES string of the molecule is CCCCc1nc2c(N(Cc3ccc(OC)cc3OC)Cc3ccc(OC)cc3OC)nnc(OC(C)C)c2n1Cc1ccc(CN(C)C(=O)OC(C)(C)C)cc1. The van der Waals surface area contributed by atoms with Crippen molar-refractivity contribution in [3.05, 3.63) is 88.7 Å². The molecule has 0 aliphatic heterocycles. The zero-order valence-corrected chi connectivity index (χ0v) is 35.3. The molecule has 0 spiro atoms. The summed E-state index contributed by atoms with van der Waals surface area (Å²) in [6.07, 6.45) is 2.19. The van der Waals surface area contributed by atoms with Crippen molar-refractivity contribution in [1.82, 2.24) is 24.6 Å². The lowest BCUT2D eigenvalue weighted by Gasteiger charge is -2.26. The van der Waals surface area contributed by atoms with Gasteiger partial charge in [-0.1, -0.05) is 37.6 Å². The van der Waals surface area contributed by atoms with Gasteiger partial charge in [0.25, 0.3) is 5.88 Å². The summed E-state index contributed by atoms with van der Waals surface area (Å²) >= 11 is 0. The first kappa shape index (κ1) is 42.4. The van der Waals surface area contributed by atoms with Gasteiger partial charge in [0.15, 0.2) is 5.82 Å². The van der Waals surface area contributed by atoms with Crippen LogP contribution in [0.15, 0.2) is 60.7 Å². The van der Waals surface area contributed by atoms with E-state index in [2.05, 4.69) is 28.5 Å². The standard InChI is InChI=1S/C44H58N6O7/c1-12-13-14-38-45-39-40(50(38)26-31-17-15-30(16-18-31)25-48(7)43(51)57-44(4,5)6)42(56-29(2)3)47-46-41(39)49(27-32-19-21-34(52-8)23-36(32)54-10)28-33-20-22-35(53-9)24-37(33)55-11/h15-24,29H,12-14,25-28H2,1-11H3. The van der Waals surface area contributed by atoms with Crippen LogP contribution in [-0.4, -0.2) is 77.9 Å². The van der Waals surface area contributed by atoms with E-state index in [9.17, 15) is 4.79 Å². The normalized spacial score (nSPS) is 11.4. The number of methoxy groups -OCH3 is 4. The number of aromatic nitrogens is 4. The molecular formula is C44H58N6O7. The first-order chi connectivity index (χ1) is 27.3. The number of anilines is 1. The van der Waals surface area contributed by atoms with Crippen molar-refractivity contribution in [3.8, 4) is 28.9 Å². The van der Waals surface area contributed by atoms with Gasteiger partial charge in [0.1, 0.15) is 45.5 Å². The predicted molar refractivity (Wildman–Crippen MR) is 222 cm³/mol. The average Bonchev–Trinajstić information content (AvgIpc) is 3.54. The van der Waals surface area contributed by atoms with Crippen molar-refractivity contribution in [2.24, 2.45) is 0 Å². The summed E-state index contributed by atoms with van der Waals surface area (Å²) in [5, 5.41) is 9.60. The summed E-state index contributed by atoms with van der Waals surface area (Å²) in [6, 6.07) is 19.9. The molecule has 0 aliphatic rings. The van der Waals surface area contributed by atoms with E-state index in [4.69, 9.17) is 43.6 Å². The van der Waals surface area contributed by atoms with Gasteiger partial charge in [-0.3, -0.25) is 0 Å². The molecule has 0 fully saturated rings. The van der Waals surface area contributed by atoms with Crippen LogP contribution in [0.25, 0.3) is 11.0 Å². The van der Waals surface area contributed by atoms with Gasteiger partial charge in [-0.25, -0.2) is 9.78 Å². The summed E-state index contributed by atoms with van der Waals surface area (Å²) in [5.74, 6) is 4.67. The van der Waals surface area contributed by atoms with E-state index in [1.54, 1.807) is 40.4 Å². The van der Waals surface area contributed by atoms with E-state index in [0.29, 0.717) is 66.4 Å². The molecule has 2 heterocycles. The Labute approximate surface area is 336 Å². The molecule has 5 rings (SSSR count). The number of imidazole rings is 1. The summed E-state index contributed by atoms with van der Waals surface area (Å²) in [6.45, 7) is 13.5. The number of fused-ring (bicyclic) bond motifs is 1. The number of nitrogens with zero attached hydrogens (tertiary/aromatic N) is 6. The lowest BCUT2D eigenvalue weighted by Crippen LogP contribution is -2.33. The van der Waals surface area contributed by atoms with Gasteiger partial charge >= 0.3 is 6.09 Å². The molecule has 0 radical (unpaired) electrons. The van der Waals surface area contributed by atoms with Crippen LogP contribution in [0.3, 0.4) is 0 Å². The van der Waals surface area contributed by atoms with Crippen LogP contribution in [-0.2, 0) is 37.3 Å². The molecule has 0 saturated carbocycles. The second-order valence-corrected chi connectivity index (χ2v) is 15.3. The number of amides is 1. The van der Waals surface area contributed by atoms with Crippen LogP contribution < -0.4 is 28.6 Å². The number of carbonyl (C=O) groups is 1. The first-order valence-electron chi connectivity index (χ1n) is 19.4. The van der Waals surface area contributed by atoms with Crippen LogP contribution >= 0.6 is 0 Å². The number of rotatable bonds is 18. The lowest BCUT2D eigenvalue weighted by atomic mass is 10.1. The molecule has 306 valence electrons. The molecule has 3 aromatic carbocycles. The van der Waals surface area contributed by atoms with Gasteiger partial charge in [0, 0.05) is 62.9 Å². The summed E-state index contributed by atoms with van der Waals surface area (Å²) in [7, 11) is 8.32. The number of ether oxygens (including phenoxy) is 6. The molecule has 13 heteroatoms. The fraction of sp³-hybridized carbons (Fsp3) is 0.455. The van der Waals surface area contributed by atoms with Crippen LogP contribution in [0.5, 0.6) is 28.9 Å². The Hall–Kier alpha value is -5.72. The molecule has 13 nitrogen and oxygen atoms in total. The fourth-order valence-corrected chi connectivity index (χ4v) is 6.46. The van der Waals surface area contributed by atoms with Gasteiger partial charge in [-0.05, 0) is 76.4 Å². The Balaban J connectivity index is 1.62. The van der Waals surface area contributed by atoms with Crippen LogP contribution in [0.4, 0.5) is 10.6 Å². The van der Waals surface area contributed by atoms with Crippen molar-refractivity contribution in [2.45, 2.75) is 98.7 Å². The van der Waals surface area contributed by atoms with Crippen LogP contribution in [0, 0.1) is 0 Å². The van der Waals surface area contributed by atoms with Gasteiger partial charge in [-0.2, -0.15) is 0 Å². The highest BCUT2D eigenvalue weighted by Crippen LogP contribution is 2.37. The van der Waals surface area contributed by atoms with Crippen molar-refractivity contribution >= 4 is 22.9 Å². The second kappa shape index (κ2) is 18.9. The minimum atomic E-state index is -0.567. The Morgan fingerprint density at radius 3 is 1.88 bits per heavy atom. The van der Waals surface area contributed by atoms with Crippen molar-refractivity contribution in [3.63, 3.8) is 0 Å². The van der Waals surface area contributed by atoms with E-state index in [0.717, 1.165) is 52.9 Å². The van der Waals surface area contributed by atoms with Crippen molar-refractivity contribution in [1.29, 1.82) is 0 Å². The zero-order valence-electron chi connectivity index (χ0n) is 35.3. The summed E-state index contributed by atoms with van der Waals surface area (Å²) in [4.78, 5) is 21.7. The monoisotopic (exact) mass is 782 g/mol. The predicted octanol–water partition coefficient (Wildman–Crippen LogP) is 8.61. The number of unbranched alkanes of at least 4 members (excludes halogenated alkanes) is 1. The maximum atomic E-state index is 12.6. The second-order valence-electron chi connectivity index (χ2n) is 15.3. The number of hydrogen-bond donors (Lipinski definition) is 0. The molecular weight excluding hydrogens is 725 g/mol. The third-order valence-corrected chi connectivity index (χ3v) is 9.30. The molecule has 1 amide bonds. The average molecular weight is 783 g/mol. The minimum absolute atomic E-state index is 0.153. The van der Waals surface area contributed by atoms with E-state index in [1.807, 2.05) is 83.1 Å². The van der Waals surface area contributed by atoms with Gasteiger partial charge in [0.2, 0.25) is 0 Å². The van der Waals surface area contributed by atoms with Gasteiger partial charge < -0.3 is 42.8 Å². The Bertz CT molecular complexity index is 2050. The number of hydrogen-bond acceptors (Lipinski definition) is 11. The lowest BCUT2D eigenvalue weighted by molar-refractivity contribution is 0.0285.